The highest BCUT2D eigenvalue weighted by molar-refractivity contribution is 7.98. The third-order valence-corrected chi connectivity index (χ3v) is 4.88. The molecule has 4 aromatic heterocycles. The molecule has 0 fully saturated rings. The highest BCUT2D eigenvalue weighted by atomic mass is 32.2. The summed E-state index contributed by atoms with van der Waals surface area (Å²) in [6, 6.07) is 9.11. The number of hydrogen-bond donors (Lipinski definition) is 1. The van der Waals surface area contributed by atoms with Gasteiger partial charge in [-0.25, -0.2) is 4.98 Å². The molecule has 4 aromatic rings. The Labute approximate surface area is 153 Å². The van der Waals surface area contributed by atoms with E-state index < -0.39 is 0 Å². The number of aryl methyl sites for hydroxylation is 1. The Bertz CT molecular complexity index is 1050. The monoisotopic (exact) mass is 368 g/mol. The Hall–Kier alpha value is -3.07. The van der Waals surface area contributed by atoms with E-state index in [1.807, 2.05) is 46.6 Å². The fourth-order valence-electron chi connectivity index (χ4n) is 2.46. The number of fused-ring (bicyclic) bond motifs is 1. The fourth-order valence-corrected chi connectivity index (χ4v) is 3.29. The van der Waals surface area contributed by atoms with Crippen LogP contribution in [0.1, 0.15) is 22.1 Å². The van der Waals surface area contributed by atoms with Crippen LogP contribution >= 0.6 is 11.8 Å². The normalized spacial score (nSPS) is 11.1. The topological polar surface area (TPSA) is 90.2 Å². The van der Waals surface area contributed by atoms with Gasteiger partial charge in [-0.15, -0.1) is 10.2 Å². The molecule has 8 nitrogen and oxygen atoms in total. The number of amides is 1. The molecular weight excluding hydrogens is 352 g/mol. The number of carbonyl (C=O) groups excluding carboxylic acids is 1. The largest absolute Gasteiger partial charge is 0.455 e. The highest BCUT2D eigenvalue weighted by Crippen LogP contribution is 2.21. The minimum atomic E-state index is -0.286. The molecule has 0 atom stereocenters. The molecule has 9 heteroatoms. The molecule has 1 amide bonds. The molecular formula is C17H16N6O2S. The summed E-state index contributed by atoms with van der Waals surface area (Å²) < 4.78 is 9.39. The second-order valence-corrected chi connectivity index (χ2v) is 6.55. The Morgan fingerprint density at radius 3 is 3.00 bits per heavy atom. The first-order chi connectivity index (χ1) is 12.7. The van der Waals surface area contributed by atoms with Gasteiger partial charge in [0.15, 0.2) is 22.4 Å². The Morgan fingerprint density at radius 2 is 2.15 bits per heavy atom. The van der Waals surface area contributed by atoms with Crippen molar-refractivity contribution in [1.82, 2.24) is 29.5 Å². The highest BCUT2D eigenvalue weighted by Gasteiger charge is 2.13. The van der Waals surface area contributed by atoms with Gasteiger partial charge >= 0.3 is 0 Å². The van der Waals surface area contributed by atoms with Crippen LogP contribution in [0, 0.1) is 0 Å². The number of imidazole rings is 1. The van der Waals surface area contributed by atoms with Crippen LogP contribution in [0.4, 0.5) is 0 Å². The summed E-state index contributed by atoms with van der Waals surface area (Å²) in [5.41, 5.74) is 0.739. The summed E-state index contributed by atoms with van der Waals surface area (Å²) in [5.74, 6) is 1.97. The second kappa shape index (κ2) is 7.04. The molecule has 1 N–H and O–H groups in total. The number of carbonyl (C=O) groups is 1. The molecule has 0 saturated heterocycles. The van der Waals surface area contributed by atoms with Gasteiger partial charge in [0.05, 0.1) is 12.3 Å². The molecule has 0 aliphatic heterocycles. The summed E-state index contributed by atoms with van der Waals surface area (Å²) in [6.07, 6.45) is 5.49. The second-order valence-electron chi connectivity index (χ2n) is 5.60. The van der Waals surface area contributed by atoms with Crippen molar-refractivity contribution in [2.75, 3.05) is 0 Å². The van der Waals surface area contributed by atoms with Gasteiger partial charge in [-0.1, -0.05) is 17.8 Å². The molecule has 0 bridgehead atoms. The number of rotatable bonds is 6. The van der Waals surface area contributed by atoms with Crippen molar-refractivity contribution in [2.45, 2.75) is 17.5 Å². The lowest BCUT2D eigenvalue weighted by Crippen LogP contribution is -2.23. The molecule has 0 unspecified atom stereocenters. The van der Waals surface area contributed by atoms with Crippen molar-refractivity contribution < 1.29 is 9.21 Å². The summed E-state index contributed by atoms with van der Waals surface area (Å²) in [5, 5.41) is 11.8. The van der Waals surface area contributed by atoms with Crippen molar-refractivity contribution in [3.63, 3.8) is 0 Å². The first-order valence-corrected chi connectivity index (χ1v) is 8.95. The number of aromatic nitrogens is 5. The van der Waals surface area contributed by atoms with Gasteiger partial charge in [0.1, 0.15) is 5.76 Å². The molecule has 0 radical (unpaired) electrons. The van der Waals surface area contributed by atoms with Gasteiger partial charge in [-0.05, 0) is 24.3 Å². The quantitative estimate of drug-likeness (QED) is 0.525. The molecule has 4 rings (SSSR count). The van der Waals surface area contributed by atoms with E-state index in [0.29, 0.717) is 11.6 Å². The van der Waals surface area contributed by atoms with E-state index in [1.165, 1.54) is 0 Å². The third kappa shape index (κ3) is 3.33. The first-order valence-electron chi connectivity index (χ1n) is 7.96. The van der Waals surface area contributed by atoms with Crippen molar-refractivity contribution >= 4 is 23.3 Å². The molecule has 0 spiro atoms. The minimum Gasteiger partial charge on any atom is -0.455 e. The van der Waals surface area contributed by atoms with E-state index in [9.17, 15) is 4.79 Å². The third-order valence-electron chi connectivity index (χ3n) is 3.80. The maximum Gasteiger partial charge on any atom is 0.287 e. The van der Waals surface area contributed by atoms with Crippen LogP contribution in [0.5, 0.6) is 0 Å². The summed E-state index contributed by atoms with van der Waals surface area (Å²) >= 11 is 1.55. The van der Waals surface area contributed by atoms with Crippen LogP contribution in [0.25, 0.3) is 5.65 Å². The standard InChI is InChI=1S/C17H16N6O2S/c1-22-9-7-18-17(22)26-11-12-5-6-13(25-12)16(24)19-10-15-21-20-14-4-2-3-8-23(14)15/h2-9H,10-11H2,1H3,(H,19,24). The zero-order valence-corrected chi connectivity index (χ0v) is 14.8. The Balaban J connectivity index is 1.36. The van der Waals surface area contributed by atoms with E-state index >= 15 is 0 Å². The van der Waals surface area contributed by atoms with E-state index in [0.717, 1.165) is 16.6 Å². The molecule has 0 aliphatic carbocycles. The zero-order chi connectivity index (χ0) is 17.9. The maximum absolute atomic E-state index is 12.3. The van der Waals surface area contributed by atoms with Crippen molar-refractivity contribution in [2.24, 2.45) is 7.05 Å². The van der Waals surface area contributed by atoms with Gasteiger partial charge in [0.2, 0.25) is 0 Å². The first kappa shape index (κ1) is 16.4. The number of nitrogens with one attached hydrogen (secondary N) is 1. The van der Waals surface area contributed by atoms with Crippen LogP contribution in [-0.4, -0.2) is 30.1 Å². The minimum absolute atomic E-state index is 0.266. The number of thioether (sulfide) groups is 1. The molecule has 0 aromatic carbocycles. The van der Waals surface area contributed by atoms with E-state index in [4.69, 9.17) is 4.42 Å². The summed E-state index contributed by atoms with van der Waals surface area (Å²) in [6.45, 7) is 0.266. The Kier molecular flexibility index (Phi) is 4.44. The van der Waals surface area contributed by atoms with Gasteiger partial charge in [0.25, 0.3) is 5.91 Å². The number of hydrogen-bond acceptors (Lipinski definition) is 6. The maximum atomic E-state index is 12.3. The predicted molar refractivity (Wildman–Crippen MR) is 95.6 cm³/mol. The molecule has 0 saturated carbocycles. The number of pyridine rings is 1. The fraction of sp³-hybridized carbons (Fsp3) is 0.176. The lowest BCUT2D eigenvalue weighted by atomic mass is 10.4. The van der Waals surface area contributed by atoms with Crippen LogP contribution in [0.2, 0.25) is 0 Å². The van der Waals surface area contributed by atoms with Gasteiger partial charge in [-0.3, -0.25) is 9.20 Å². The van der Waals surface area contributed by atoms with Crippen LogP contribution in [0.3, 0.4) is 0 Å². The van der Waals surface area contributed by atoms with E-state index in [-0.39, 0.29) is 18.2 Å². The zero-order valence-electron chi connectivity index (χ0n) is 14.0. The molecule has 0 aliphatic rings. The number of nitrogens with zero attached hydrogens (tertiary/aromatic N) is 5. The molecule has 4 heterocycles. The summed E-state index contributed by atoms with van der Waals surface area (Å²) in [4.78, 5) is 16.5. The van der Waals surface area contributed by atoms with E-state index in [1.54, 1.807) is 30.1 Å². The van der Waals surface area contributed by atoms with Crippen molar-refractivity contribution in [1.29, 1.82) is 0 Å². The van der Waals surface area contributed by atoms with Gasteiger partial charge in [-0.2, -0.15) is 0 Å². The van der Waals surface area contributed by atoms with Crippen LogP contribution in [0.15, 0.2) is 58.5 Å². The van der Waals surface area contributed by atoms with Crippen molar-refractivity contribution in [3.05, 3.63) is 66.3 Å². The molecule has 26 heavy (non-hydrogen) atoms. The average molecular weight is 368 g/mol. The van der Waals surface area contributed by atoms with Crippen LogP contribution < -0.4 is 5.32 Å². The van der Waals surface area contributed by atoms with E-state index in [2.05, 4.69) is 20.5 Å². The average Bonchev–Trinajstić information content (AvgIpc) is 3.38. The number of furan rings is 1. The SMILES string of the molecule is Cn1ccnc1SCc1ccc(C(=O)NCc2nnc3ccccn23)o1. The van der Waals surface area contributed by atoms with Gasteiger partial charge in [0, 0.05) is 25.6 Å². The lowest BCUT2D eigenvalue weighted by Gasteiger charge is -2.02. The smallest absolute Gasteiger partial charge is 0.287 e. The molecule has 132 valence electrons. The van der Waals surface area contributed by atoms with Crippen molar-refractivity contribution in [3.8, 4) is 0 Å². The lowest BCUT2D eigenvalue weighted by molar-refractivity contribution is 0.0920. The predicted octanol–water partition coefficient (Wildman–Crippen LogP) is 2.28. The van der Waals surface area contributed by atoms with Gasteiger partial charge < -0.3 is 14.3 Å². The van der Waals surface area contributed by atoms with Crippen LogP contribution in [-0.2, 0) is 19.3 Å². The Morgan fingerprint density at radius 1 is 1.23 bits per heavy atom. The summed E-state index contributed by atoms with van der Waals surface area (Å²) in [7, 11) is 1.94.